The molecule has 0 aliphatic rings. The average Bonchev–Trinajstić information content (AvgIpc) is 3.23. The molecule has 11 heteroatoms. The van der Waals surface area contributed by atoms with E-state index in [1.807, 2.05) is 0 Å². The molecule has 3 aromatic rings. The fourth-order valence-electron chi connectivity index (χ4n) is 2.56. The van der Waals surface area contributed by atoms with Crippen LogP contribution >= 0.6 is 19.2 Å². The largest absolute Gasteiger partial charge is 0.471 e. The Balaban J connectivity index is 2.02. The van der Waals surface area contributed by atoms with Gasteiger partial charge in [-0.15, -0.1) is 11.3 Å². The Morgan fingerprint density at radius 2 is 2.19 bits per heavy atom. The first kappa shape index (κ1) is 19.8. The van der Waals surface area contributed by atoms with Crippen LogP contribution < -0.4 is 0 Å². The van der Waals surface area contributed by atoms with Crippen molar-refractivity contribution in [2.24, 2.45) is 0 Å². The molecule has 3 rings (SSSR count). The van der Waals surface area contributed by atoms with Crippen molar-refractivity contribution < 1.29 is 33.2 Å². The van der Waals surface area contributed by atoms with Crippen molar-refractivity contribution in [2.45, 2.75) is 26.2 Å². The van der Waals surface area contributed by atoms with E-state index in [2.05, 4.69) is 9.51 Å². The SMILES string of the molecule is CC[C@@H](O)c1csc(C(=O)c2cn(COP(=O)(O)O)c3cc(F)ccc23)n1. The molecule has 0 bridgehead atoms. The number of aliphatic hydroxyl groups is 1. The van der Waals surface area contributed by atoms with Gasteiger partial charge in [-0.1, -0.05) is 6.92 Å². The number of thiazole rings is 1. The van der Waals surface area contributed by atoms with Crippen LogP contribution in [-0.2, 0) is 15.8 Å². The number of hydrogen-bond donors (Lipinski definition) is 3. The smallest absolute Gasteiger partial charge is 0.387 e. The summed E-state index contributed by atoms with van der Waals surface area (Å²) in [6.07, 6.45) is 1.02. The van der Waals surface area contributed by atoms with Crippen LogP contribution in [0.1, 0.15) is 40.5 Å². The number of benzene rings is 1. The predicted octanol–water partition coefficient (Wildman–Crippen LogP) is 2.98. The van der Waals surface area contributed by atoms with Gasteiger partial charge in [-0.3, -0.25) is 9.32 Å². The van der Waals surface area contributed by atoms with Crippen molar-refractivity contribution >= 4 is 35.8 Å². The second-order valence-corrected chi connectivity index (χ2v) is 7.85. The van der Waals surface area contributed by atoms with E-state index < -0.39 is 32.3 Å². The number of ketones is 1. The maximum Gasteiger partial charge on any atom is 0.471 e. The summed E-state index contributed by atoms with van der Waals surface area (Å²) in [6.45, 7) is 1.23. The third-order valence-corrected chi connectivity index (χ3v) is 5.21. The topological polar surface area (TPSA) is 122 Å². The van der Waals surface area contributed by atoms with Gasteiger partial charge in [0.05, 0.1) is 22.9 Å². The quantitative estimate of drug-likeness (QED) is 0.401. The summed E-state index contributed by atoms with van der Waals surface area (Å²) in [5.41, 5.74) is 0.828. The first-order valence-corrected chi connectivity index (χ1v) is 10.3. The minimum absolute atomic E-state index is 0.150. The van der Waals surface area contributed by atoms with Gasteiger partial charge in [-0.25, -0.2) is 13.9 Å². The van der Waals surface area contributed by atoms with E-state index in [4.69, 9.17) is 9.79 Å². The van der Waals surface area contributed by atoms with E-state index >= 15 is 0 Å². The highest BCUT2D eigenvalue weighted by Gasteiger charge is 2.22. The molecular weight excluding hydrogens is 398 g/mol. The summed E-state index contributed by atoms with van der Waals surface area (Å²) >= 11 is 1.08. The molecule has 0 radical (unpaired) electrons. The Kier molecular flexibility index (Phi) is 5.57. The maximum absolute atomic E-state index is 13.6. The number of phosphoric ester groups is 1. The number of rotatable bonds is 7. The number of aromatic nitrogens is 2. The number of fused-ring (bicyclic) bond motifs is 1. The predicted molar refractivity (Wildman–Crippen MR) is 95.8 cm³/mol. The van der Waals surface area contributed by atoms with E-state index in [0.29, 0.717) is 17.5 Å². The number of hydrogen-bond acceptors (Lipinski definition) is 6. The molecule has 1 aromatic carbocycles. The molecule has 0 spiro atoms. The lowest BCUT2D eigenvalue weighted by atomic mass is 10.1. The summed E-state index contributed by atoms with van der Waals surface area (Å²) in [5, 5.41) is 12.0. The highest BCUT2D eigenvalue weighted by molar-refractivity contribution is 7.46. The number of carbonyl (C=O) groups is 1. The Morgan fingerprint density at radius 1 is 1.44 bits per heavy atom. The molecular formula is C16H16FN2O6PS. The Morgan fingerprint density at radius 3 is 2.85 bits per heavy atom. The monoisotopic (exact) mass is 414 g/mol. The van der Waals surface area contributed by atoms with Crippen LogP contribution in [0.4, 0.5) is 4.39 Å². The number of aliphatic hydroxyl groups excluding tert-OH is 1. The number of halogens is 1. The lowest BCUT2D eigenvalue weighted by molar-refractivity contribution is 0.103. The summed E-state index contributed by atoms with van der Waals surface area (Å²) in [6, 6.07) is 3.73. The van der Waals surface area contributed by atoms with Crippen LogP contribution in [0.5, 0.6) is 0 Å². The van der Waals surface area contributed by atoms with Crippen LogP contribution in [-0.4, -0.2) is 30.2 Å². The van der Waals surface area contributed by atoms with Gasteiger partial charge in [0, 0.05) is 17.0 Å². The molecule has 27 heavy (non-hydrogen) atoms. The maximum atomic E-state index is 13.6. The van der Waals surface area contributed by atoms with Gasteiger partial charge in [-0.2, -0.15) is 0 Å². The van der Waals surface area contributed by atoms with Crippen LogP contribution in [0.15, 0.2) is 29.8 Å². The van der Waals surface area contributed by atoms with Gasteiger partial charge < -0.3 is 19.5 Å². The van der Waals surface area contributed by atoms with Crippen molar-refractivity contribution in [1.29, 1.82) is 0 Å². The van der Waals surface area contributed by atoms with Crippen LogP contribution in [0, 0.1) is 5.82 Å². The minimum atomic E-state index is -4.74. The molecule has 0 aliphatic heterocycles. The van der Waals surface area contributed by atoms with E-state index in [-0.39, 0.29) is 16.1 Å². The third kappa shape index (κ3) is 4.32. The molecule has 2 heterocycles. The number of phosphoric acid groups is 1. The summed E-state index contributed by atoms with van der Waals surface area (Å²) in [4.78, 5) is 34.8. The molecule has 3 N–H and O–H groups in total. The zero-order valence-electron chi connectivity index (χ0n) is 14.1. The zero-order chi connectivity index (χ0) is 19.8. The fourth-order valence-corrected chi connectivity index (χ4v) is 3.65. The zero-order valence-corrected chi connectivity index (χ0v) is 15.8. The molecule has 8 nitrogen and oxygen atoms in total. The lowest BCUT2D eigenvalue weighted by Gasteiger charge is -2.07. The van der Waals surface area contributed by atoms with Gasteiger partial charge in [0.15, 0.2) is 5.01 Å². The first-order chi connectivity index (χ1) is 12.7. The Bertz CT molecular complexity index is 1040. The van der Waals surface area contributed by atoms with Gasteiger partial charge in [-0.05, 0) is 24.6 Å². The molecule has 0 amide bonds. The van der Waals surface area contributed by atoms with E-state index in [1.54, 1.807) is 12.3 Å². The van der Waals surface area contributed by atoms with Crippen molar-refractivity contribution in [3.8, 4) is 0 Å². The van der Waals surface area contributed by atoms with Crippen LogP contribution in [0.25, 0.3) is 10.9 Å². The fraction of sp³-hybridized carbons (Fsp3) is 0.250. The molecule has 0 unspecified atom stereocenters. The van der Waals surface area contributed by atoms with Crippen molar-refractivity contribution in [3.63, 3.8) is 0 Å². The number of nitrogens with zero attached hydrogens (tertiary/aromatic N) is 2. The standard InChI is InChI=1S/C16H16FN2O6PS/c1-2-14(20)12-7-27-16(18-12)15(21)11-6-19(8-25-26(22,23)24)13-5-9(17)3-4-10(11)13/h3-7,14,20H,2,8H2,1H3,(H2,22,23,24)/t14-/m1/s1. The Labute approximate surface area is 157 Å². The lowest BCUT2D eigenvalue weighted by Crippen LogP contribution is -2.03. The van der Waals surface area contributed by atoms with Gasteiger partial charge in [0.2, 0.25) is 5.78 Å². The highest BCUT2D eigenvalue weighted by Crippen LogP contribution is 2.37. The molecule has 1 atom stereocenters. The van der Waals surface area contributed by atoms with Crippen molar-refractivity contribution in [3.05, 3.63) is 51.9 Å². The molecule has 0 saturated carbocycles. The highest BCUT2D eigenvalue weighted by atomic mass is 32.1. The molecule has 0 fully saturated rings. The summed E-state index contributed by atoms with van der Waals surface area (Å²) in [5.74, 6) is -1.01. The first-order valence-electron chi connectivity index (χ1n) is 7.86. The van der Waals surface area contributed by atoms with Gasteiger partial charge in [0.1, 0.15) is 12.5 Å². The average molecular weight is 414 g/mol. The van der Waals surface area contributed by atoms with E-state index in [1.165, 1.54) is 22.9 Å². The summed E-state index contributed by atoms with van der Waals surface area (Å²) in [7, 11) is -4.74. The van der Waals surface area contributed by atoms with Crippen molar-refractivity contribution in [1.82, 2.24) is 9.55 Å². The van der Waals surface area contributed by atoms with Crippen LogP contribution in [0.3, 0.4) is 0 Å². The van der Waals surface area contributed by atoms with Gasteiger partial charge >= 0.3 is 7.82 Å². The minimum Gasteiger partial charge on any atom is -0.387 e. The van der Waals surface area contributed by atoms with E-state index in [9.17, 15) is 18.9 Å². The van der Waals surface area contributed by atoms with Gasteiger partial charge in [0.25, 0.3) is 0 Å². The second kappa shape index (κ2) is 7.59. The second-order valence-electron chi connectivity index (χ2n) is 5.75. The summed E-state index contributed by atoms with van der Waals surface area (Å²) < 4.78 is 30.3. The Hall–Kier alpha value is -1.94. The molecule has 0 saturated heterocycles. The molecule has 0 aliphatic carbocycles. The molecule has 2 aromatic heterocycles. The van der Waals surface area contributed by atoms with E-state index in [0.717, 1.165) is 17.4 Å². The molecule has 144 valence electrons. The van der Waals surface area contributed by atoms with Crippen molar-refractivity contribution in [2.75, 3.05) is 0 Å². The van der Waals surface area contributed by atoms with Crippen LogP contribution in [0.2, 0.25) is 0 Å². The number of carbonyl (C=O) groups excluding carboxylic acids is 1. The normalized spacial score (nSPS) is 13.2. The third-order valence-electron chi connectivity index (χ3n) is 3.90.